The van der Waals surface area contributed by atoms with Crippen LogP contribution in [0, 0.1) is 18.8 Å². The van der Waals surface area contributed by atoms with Crippen molar-refractivity contribution in [2.45, 2.75) is 31.6 Å². The van der Waals surface area contributed by atoms with Crippen LogP contribution in [0.15, 0.2) is 66.0 Å². The second-order valence-corrected chi connectivity index (χ2v) is 8.66. The normalized spacial score (nSPS) is 11.3. The number of fused-ring (bicyclic) bond motifs is 1. The molecule has 4 aromatic rings. The molecular weight excluding hydrogens is 396 g/mol. The van der Waals surface area contributed by atoms with E-state index in [1.54, 1.807) is 55.0 Å². The Labute approximate surface area is 175 Å². The fourth-order valence-corrected chi connectivity index (χ4v) is 4.40. The highest BCUT2D eigenvalue weighted by molar-refractivity contribution is 7.90. The van der Waals surface area contributed by atoms with Crippen molar-refractivity contribution in [2.24, 2.45) is 0 Å². The van der Waals surface area contributed by atoms with Crippen LogP contribution in [0.2, 0.25) is 0 Å². The summed E-state index contributed by atoms with van der Waals surface area (Å²) in [6.07, 6.45) is 6.51. The van der Waals surface area contributed by atoms with E-state index in [0.29, 0.717) is 28.1 Å². The van der Waals surface area contributed by atoms with Gasteiger partial charge in [-0.05, 0) is 49.6 Å². The highest BCUT2D eigenvalue weighted by atomic mass is 32.2. The van der Waals surface area contributed by atoms with Crippen LogP contribution in [0.3, 0.4) is 0 Å². The summed E-state index contributed by atoms with van der Waals surface area (Å²) in [7, 11) is -3.81. The van der Waals surface area contributed by atoms with Crippen molar-refractivity contribution < 1.29 is 8.42 Å². The van der Waals surface area contributed by atoms with Gasteiger partial charge in [0.05, 0.1) is 10.6 Å². The number of benzene rings is 1. The van der Waals surface area contributed by atoms with Crippen LogP contribution in [0.25, 0.3) is 22.3 Å². The van der Waals surface area contributed by atoms with Gasteiger partial charge in [0.15, 0.2) is 5.65 Å². The number of unbranched alkanes of at least 4 members (excludes halogenated alkanes) is 1. The standard InChI is InChI=1S/C23H20N4O2S/c1-3-4-5-8-22-24-15-13-21(26-22)20-16-27(23-19(20)7-6-14-25-23)30(28,29)18-11-9-17(2)10-12-18/h6-7,9-16H,3-4H2,1-2H3. The molecule has 0 aliphatic heterocycles. The molecule has 0 fully saturated rings. The number of aryl methyl sites for hydroxylation is 1. The lowest BCUT2D eigenvalue weighted by Gasteiger charge is -2.07. The van der Waals surface area contributed by atoms with E-state index in [1.165, 1.54) is 3.97 Å². The lowest BCUT2D eigenvalue weighted by atomic mass is 10.1. The zero-order valence-corrected chi connectivity index (χ0v) is 17.5. The third-order valence-corrected chi connectivity index (χ3v) is 6.28. The maximum atomic E-state index is 13.3. The molecule has 0 spiro atoms. The second kappa shape index (κ2) is 8.09. The molecule has 4 rings (SSSR count). The van der Waals surface area contributed by atoms with E-state index in [-0.39, 0.29) is 4.90 Å². The van der Waals surface area contributed by atoms with Crippen molar-refractivity contribution in [3.05, 3.63) is 72.4 Å². The van der Waals surface area contributed by atoms with Crippen LogP contribution < -0.4 is 0 Å². The molecule has 0 N–H and O–H groups in total. The van der Waals surface area contributed by atoms with Crippen LogP contribution in [-0.2, 0) is 10.0 Å². The Bertz CT molecular complexity index is 1380. The van der Waals surface area contributed by atoms with Crippen LogP contribution in [0.1, 0.15) is 31.2 Å². The molecule has 0 saturated carbocycles. The zero-order valence-electron chi connectivity index (χ0n) is 16.7. The minimum atomic E-state index is -3.81. The van der Waals surface area contributed by atoms with Gasteiger partial charge in [-0.1, -0.05) is 30.5 Å². The van der Waals surface area contributed by atoms with E-state index in [9.17, 15) is 8.42 Å². The summed E-state index contributed by atoms with van der Waals surface area (Å²) in [5.41, 5.74) is 2.60. The fraction of sp³-hybridized carbons (Fsp3) is 0.174. The molecule has 3 heterocycles. The van der Waals surface area contributed by atoms with Crippen LogP contribution in [-0.4, -0.2) is 27.3 Å². The van der Waals surface area contributed by atoms with Crippen molar-refractivity contribution in [2.75, 3.05) is 0 Å². The van der Waals surface area contributed by atoms with Gasteiger partial charge in [-0.15, -0.1) is 0 Å². The minimum absolute atomic E-state index is 0.205. The topological polar surface area (TPSA) is 77.7 Å². The molecule has 6 nitrogen and oxygen atoms in total. The van der Waals surface area contributed by atoms with E-state index in [2.05, 4.69) is 33.7 Å². The average Bonchev–Trinajstić information content (AvgIpc) is 3.15. The number of pyridine rings is 1. The number of hydrogen-bond donors (Lipinski definition) is 0. The van der Waals surface area contributed by atoms with Crippen molar-refractivity contribution in [1.29, 1.82) is 0 Å². The number of aromatic nitrogens is 4. The molecule has 0 unspecified atom stereocenters. The van der Waals surface area contributed by atoms with Gasteiger partial charge in [-0.2, -0.15) is 0 Å². The van der Waals surface area contributed by atoms with E-state index in [4.69, 9.17) is 0 Å². The highest BCUT2D eigenvalue weighted by Crippen LogP contribution is 2.31. The van der Waals surface area contributed by atoms with Gasteiger partial charge in [0.1, 0.15) is 0 Å². The number of rotatable bonds is 4. The molecule has 150 valence electrons. The van der Waals surface area contributed by atoms with Crippen LogP contribution in [0.5, 0.6) is 0 Å². The first-order valence-electron chi connectivity index (χ1n) is 9.61. The van der Waals surface area contributed by atoms with E-state index in [0.717, 1.165) is 18.4 Å². The molecule has 1 aromatic carbocycles. The molecule has 0 aliphatic carbocycles. The van der Waals surface area contributed by atoms with Crippen LogP contribution in [0.4, 0.5) is 0 Å². The van der Waals surface area contributed by atoms with E-state index < -0.39 is 10.0 Å². The Morgan fingerprint density at radius 1 is 1.03 bits per heavy atom. The van der Waals surface area contributed by atoms with Gasteiger partial charge in [0.25, 0.3) is 10.0 Å². The lowest BCUT2D eigenvalue weighted by molar-refractivity contribution is 0.589. The minimum Gasteiger partial charge on any atom is -0.237 e. The largest absolute Gasteiger partial charge is 0.269 e. The van der Waals surface area contributed by atoms with Crippen molar-refractivity contribution in [1.82, 2.24) is 18.9 Å². The highest BCUT2D eigenvalue weighted by Gasteiger charge is 2.23. The Kier molecular flexibility index (Phi) is 5.34. The smallest absolute Gasteiger partial charge is 0.237 e. The number of hydrogen-bond acceptors (Lipinski definition) is 5. The summed E-state index contributed by atoms with van der Waals surface area (Å²) in [4.78, 5) is 13.3. The molecule has 0 atom stereocenters. The lowest BCUT2D eigenvalue weighted by Crippen LogP contribution is -2.12. The zero-order chi connectivity index (χ0) is 21.1. The first-order chi connectivity index (χ1) is 14.5. The molecule has 7 heteroatoms. The van der Waals surface area contributed by atoms with Crippen LogP contribution >= 0.6 is 0 Å². The summed E-state index contributed by atoms with van der Waals surface area (Å²) in [6, 6.07) is 12.1. The van der Waals surface area contributed by atoms with Gasteiger partial charge in [-0.25, -0.2) is 27.3 Å². The summed E-state index contributed by atoms with van der Waals surface area (Å²) < 4.78 is 27.8. The third kappa shape index (κ3) is 3.70. The molecule has 30 heavy (non-hydrogen) atoms. The molecule has 3 aromatic heterocycles. The quantitative estimate of drug-likeness (QED) is 0.466. The molecule has 0 amide bonds. The van der Waals surface area contributed by atoms with E-state index in [1.807, 2.05) is 13.0 Å². The molecule has 0 radical (unpaired) electrons. The summed E-state index contributed by atoms with van der Waals surface area (Å²) in [5, 5.41) is 0.694. The van der Waals surface area contributed by atoms with Gasteiger partial charge in [0, 0.05) is 36.0 Å². The third-order valence-electron chi connectivity index (χ3n) is 4.62. The predicted octanol–water partition coefficient (Wildman–Crippen LogP) is 4.19. The summed E-state index contributed by atoms with van der Waals surface area (Å²) >= 11 is 0. The number of nitrogens with zero attached hydrogens (tertiary/aromatic N) is 4. The van der Waals surface area contributed by atoms with Crippen molar-refractivity contribution in [3.8, 4) is 23.1 Å². The Morgan fingerprint density at radius 3 is 2.60 bits per heavy atom. The molecule has 0 aliphatic rings. The summed E-state index contributed by atoms with van der Waals surface area (Å²) in [6.45, 7) is 3.97. The van der Waals surface area contributed by atoms with E-state index >= 15 is 0 Å². The van der Waals surface area contributed by atoms with Gasteiger partial charge < -0.3 is 0 Å². The van der Waals surface area contributed by atoms with Gasteiger partial charge in [-0.3, -0.25) is 0 Å². The molecule has 0 saturated heterocycles. The average molecular weight is 417 g/mol. The Hall–Kier alpha value is -3.50. The van der Waals surface area contributed by atoms with Crippen molar-refractivity contribution in [3.63, 3.8) is 0 Å². The maximum absolute atomic E-state index is 13.3. The Balaban J connectivity index is 1.88. The maximum Gasteiger partial charge on any atom is 0.269 e. The van der Waals surface area contributed by atoms with Crippen molar-refractivity contribution >= 4 is 21.1 Å². The monoisotopic (exact) mass is 416 g/mol. The Morgan fingerprint density at radius 2 is 1.83 bits per heavy atom. The van der Waals surface area contributed by atoms with Gasteiger partial charge in [0.2, 0.25) is 5.82 Å². The SMILES string of the molecule is CCCC#Cc1nccc(-c2cn(S(=O)(=O)c3ccc(C)cc3)c3ncccc23)n1. The first kappa shape index (κ1) is 19.8. The molecule has 0 bridgehead atoms. The fourth-order valence-electron chi connectivity index (χ4n) is 3.08. The van der Waals surface area contributed by atoms with Gasteiger partial charge >= 0.3 is 0 Å². The predicted molar refractivity (Wildman–Crippen MR) is 116 cm³/mol. The first-order valence-corrected chi connectivity index (χ1v) is 11.1. The second-order valence-electron chi connectivity index (χ2n) is 6.85. The molecular formula is C23H20N4O2S. The summed E-state index contributed by atoms with van der Waals surface area (Å²) in [5.74, 6) is 6.40.